The molecule has 2 N–H and O–H groups in total. The summed E-state index contributed by atoms with van der Waals surface area (Å²) in [5.41, 5.74) is 3.78. The monoisotopic (exact) mass is 106 g/mol. The minimum atomic E-state index is -1.77. The Kier molecular flexibility index (Phi) is 1.74. The van der Waals surface area contributed by atoms with Crippen LogP contribution in [0.4, 0.5) is 4.79 Å². The normalized spacial score (nSPS) is 10.5. The molecule has 0 saturated heterocycles. The minimum Gasteiger partial charge on any atom is -0.360 e. The lowest BCUT2D eigenvalue weighted by Gasteiger charge is -1.75. The quantitative estimate of drug-likeness (QED) is 0.495. The molecule has 0 aliphatic rings. The lowest BCUT2D eigenvalue weighted by molar-refractivity contribution is 0.265. The van der Waals surface area contributed by atoms with Gasteiger partial charge in [-0.25, -0.2) is 0 Å². The van der Waals surface area contributed by atoms with Gasteiger partial charge in [0, 0.05) is 6.66 Å². The van der Waals surface area contributed by atoms with Gasteiger partial charge in [-0.2, -0.15) is 0 Å². The van der Waals surface area contributed by atoms with E-state index in [0.717, 1.165) is 0 Å². The molecule has 1 amide bonds. The average molecular weight is 106 g/mol. The molecule has 0 fully saturated rings. The van der Waals surface area contributed by atoms with Crippen molar-refractivity contribution in [3.8, 4) is 0 Å². The van der Waals surface area contributed by atoms with Gasteiger partial charge in [0.2, 0.25) is 0 Å². The van der Waals surface area contributed by atoms with E-state index in [1.54, 1.807) is 0 Å². The fourth-order valence-corrected chi connectivity index (χ4v) is 0. The maximum atomic E-state index is 9.82. The molecular weight excluding hydrogens is 101 g/mol. The van der Waals surface area contributed by atoms with Crippen LogP contribution in [-0.4, -0.2) is 12.3 Å². The zero-order valence-corrected chi connectivity index (χ0v) is 4.24. The zero-order chi connectivity index (χ0) is 5.15. The van der Waals surface area contributed by atoms with Crippen LogP contribution in [0.5, 0.6) is 0 Å². The molecule has 0 heterocycles. The molecule has 6 heavy (non-hydrogen) atoms. The number of hydrogen-bond acceptors (Lipinski definition) is 2. The summed E-state index contributed by atoms with van der Waals surface area (Å²) in [6.07, 6.45) is 0. The molecule has 1 unspecified atom stereocenters. The fraction of sp³-hybridized carbons (Fsp3) is 0.500. The number of primary amides is 1. The first-order valence-corrected chi connectivity index (χ1v) is 3.05. The Hall–Kier alpha value is -0.430. The van der Waals surface area contributed by atoms with Gasteiger partial charge in [0.1, 0.15) is 0 Å². The number of amides is 1. The van der Waals surface area contributed by atoms with Crippen molar-refractivity contribution >= 4 is 13.4 Å². The standard InChI is InChI=1S/C2H5NO2P/c1-6(5)2(3)4/h1H3,(H2,3,4). The zero-order valence-electron chi connectivity index (χ0n) is 3.34. The molecule has 0 aromatic carbocycles. The third-order valence-corrected chi connectivity index (χ3v) is 0.931. The van der Waals surface area contributed by atoms with Gasteiger partial charge < -0.3 is 5.73 Å². The molecule has 0 aromatic rings. The molecule has 1 atom stereocenters. The van der Waals surface area contributed by atoms with Crippen molar-refractivity contribution in [3.05, 3.63) is 0 Å². The summed E-state index contributed by atoms with van der Waals surface area (Å²) < 4.78 is 9.82. The van der Waals surface area contributed by atoms with Crippen LogP contribution in [-0.2, 0) is 4.57 Å². The molecule has 0 rings (SSSR count). The molecular formula is C2H5NO2P. The molecule has 1 radical (unpaired) electrons. The maximum Gasteiger partial charge on any atom is 0.297 e. The van der Waals surface area contributed by atoms with Crippen LogP contribution in [0, 0.1) is 0 Å². The highest BCUT2D eigenvalue weighted by Crippen LogP contribution is 2.10. The van der Waals surface area contributed by atoms with Crippen molar-refractivity contribution < 1.29 is 9.36 Å². The molecule has 0 bridgehead atoms. The summed E-state index contributed by atoms with van der Waals surface area (Å²) in [5, 5.41) is 0. The summed E-state index contributed by atoms with van der Waals surface area (Å²) in [6.45, 7) is 1.28. The Morgan fingerprint density at radius 3 is 2.00 bits per heavy atom. The van der Waals surface area contributed by atoms with Crippen LogP contribution < -0.4 is 5.73 Å². The Balaban J connectivity index is 3.57. The summed E-state index contributed by atoms with van der Waals surface area (Å²) in [7, 11) is -1.77. The van der Waals surface area contributed by atoms with E-state index in [4.69, 9.17) is 0 Å². The van der Waals surface area contributed by atoms with E-state index in [9.17, 15) is 9.36 Å². The van der Waals surface area contributed by atoms with Crippen LogP contribution in [0.3, 0.4) is 0 Å². The Morgan fingerprint density at radius 2 is 2.00 bits per heavy atom. The van der Waals surface area contributed by atoms with Crippen LogP contribution in [0.1, 0.15) is 0 Å². The molecule has 0 aliphatic heterocycles. The Bertz CT molecular complexity index is 77.5. The summed E-state index contributed by atoms with van der Waals surface area (Å²) in [5.74, 6) is 0. The van der Waals surface area contributed by atoms with E-state index < -0.39 is 13.4 Å². The van der Waals surface area contributed by atoms with Gasteiger partial charge in [0.05, 0.1) is 0 Å². The van der Waals surface area contributed by atoms with E-state index in [0.29, 0.717) is 0 Å². The topological polar surface area (TPSA) is 60.2 Å². The molecule has 35 valence electrons. The fourth-order valence-electron chi connectivity index (χ4n) is 0. The molecule has 4 heteroatoms. The highest BCUT2D eigenvalue weighted by molar-refractivity contribution is 7.62. The van der Waals surface area contributed by atoms with E-state index in [1.165, 1.54) is 6.66 Å². The number of carbonyl (C=O) groups is 1. The maximum absolute atomic E-state index is 9.82. The van der Waals surface area contributed by atoms with Gasteiger partial charge in [-0.1, -0.05) is 0 Å². The molecule has 0 aromatic heterocycles. The lowest BCUT2D eigenvalue weighted by atomic mass is 11.5. The van der Waals surface area contributed by atoms with Crippen molar-refractivity contribution in [2.24, 2.45) is 5.73 Å². The number of carbonyl (C=O) groups excluding carboxylic acids is 1. The smallest absolute Gasteiger partial charge is 0.297 e. The predicted molar refractivity (Wildman–Crippen MR) is 23.1 cm³/mol. The van der Waals surface area contributed by atoms with Gasteiger partial charge in [0.25, 0.3) is 5.65 Å². The lowest BCUT2D eigenvalue weighted by Crippen LogP contribution is -2.00. The Labute approximate surface area is 36.3 Å². The van der Waals surface area contributed by atoms with E-state index in [2.05, 4.69) is 5.73 Å². The first kappa shape index (κ1) is 5.57. The second-order valence-electron chi connectivity index (χ2n) is 0.836. The van der Waals surface area contributed by atoms with Crippen molar-refractivity contribution in [3.63, 3.8) is 0 Å². The highest BCUT2D eigenvalue weighted by atomic mass is 31.1. The van der Waals surface area contributed by atoms with Gasteiger partial charge in [-0.05, 0) is 0 Å². The van der Waals surface area contributed by atoms with Crippen molar-refractivity contribution in [2.75, 3.05) is 6.66 Å². The third-order valence-electron chi connectivity index (χ3n) is 0.310. The van der Waals surface area contributed by atoms with E-state index >= 15 is 0 Å². The second kappa shape index (κ2) is 1.88. The Morgan fingerprint density at radius 1 is 1.83 bits per heavy atom. The molecule has 0 spiro atoms. The number of hydrogen-bond donors (Lipinski definition) is 1. The van der Waals surface area contributed by atoms with Crippen LogP contribution >= 0.6 is 7.80 Å². The first-order valence-electron chi connectivity index (χ1n) is 1.35. The SMILES string of the molecule is C[P](=O)C(N)=O. The van der Waals surface area contributed by atoms with Gasteiger partial charge in [-0.15, -0.1) is 0 Å². The van der Waals surface area contributed by atoms with E-state index in [1.807, 2.05) is 0 Å². The van der Waals surface area contributed by atoms with Gasteiger partial charge in [0.15, 0.2) is 7.80 Å². The van der Waals surface area contributed by atoms with Crippen LogP contribution in [0.15, 0.2) is 0 Å². The van der Waals surface area contributed by atoms with Crippen molar-refractivity contribution in [1.82, 2.24) is 0 Å². The molecule has 3 nitrogen and oxygen atoms in total. The number of nitrogens with two attached hydrogens (primary N) is 1. The average Bonchev–Trinajstić information content (AvgIpc) is 1.36. The molecule has 0 aliphatic carbocycles. The highest BCUT2D eigenvalue weighted by Gasteiger charge is 1.94. The van der Waals surface area contributed by atoms with Crippen LogP contribution in [0.25, 0.3) is 0 Å². The van der Waals surface area contributed by atoms with Gasteiger partial charge >= 0.3 is 0 Å². The van der Waals surface area contributed by atoms with Crippen LogP contribution in [0.2, 0.25) is 0 Å². The summed E-state index contributed by atoms with van der Waals surface area (Å²) >= 11 is 0. The largest absolute Gasteiger partial charge is 0.360 e. The molecule has 0 saturated carbocycles. The minimum absolute atomic E-state index is 0.731. The van der Waals surface area contributed by atoms with Gasteiger partial charge in [-0.3, -0.25) is 9.36 Å². The number of rotatable bonds is 1. The summed E-state index contributed by atoms with van der Waals surface area (Å²) in [6, 6.07) is 0. The third kappa shape index (κ3) is 1.85. The van der Waals surface area contributed by atoms with Crippen molar-refractivity contribution in [1.29, 1.82) is 0 Å². The van der Waals surface area contributed by atoms with E-state index in [-0.39, 0.29) is 0 Å². The van der Waals surface area contributed by atoms with Crippen molar-refractivity contribution in [2.45, 2.75) is 0 Å². The first-order chi connectivity index (χ1) is 2.64. The predicted octanol–water partition coefficient (Wildman–Crippen LogP) is 0.522. The second-order valence-corrected chi connectivity index (χ2v) is 2.27. The summed E-state index contributed by atoms with van der Waals surface area (Å²) in [4.78, 5) is 9.64.